The topological polar surface area (TPSA) is 74.2 Å². The molecule has 0 unspecified atom stereocenters. The number of alkyl halides is 6. The summed E-state index contributed by atoms with van der Waals surface area (Å²) in [6, 6.07) is 8.84. The number of aliphatic carboxylic acids is 1. The lowest BCUT2D eigenvalue weighted by Gasteiger charge is -2.13. The van der Waals surface area contributed by atoms with Gasteiger partial charge in [-0.25, -0.2) is 4.79 Å². The van der Waals surface area contributed by atoms with Gasteiger partial charge in [0.1, 0.15) is 23.9 Å². The summed E-state index contributed by atoms with van der Waals surface area (Å²) in [5.74, 6) is 2.59. The molecule has 2 aromatic carbocycles. The van der Waals surface area contributed by atoms with Gasteiger partial charge in [-0.1, -0.05) is 24.0 Å². The molecule has 0 aliphatic heterocycles. The predicted octanol–water partition coefficient (Wildman–Crippen LogP) is 5.89. The van der Waals surface area contributed by atoms with Gasteiger partial charge in [-0.05, 0) is 55.3 Å². The Kier molecular flexibility index (Phi) is 10.3. The zero-order chi connectivity index (χ0) is 27.6. The van der Waals surface area contributed by atoms with Crippen molar-refractivity contribution in [3.05, 3.63) is 65.2 Å². The predicted molar refractivity (Wildman–Crippen MR) is 119 cm³/mol. The number of carboxylic acid groups (broad SMARTS) is 1. The van der Waals surface area contributed by atoms with Crippen molar-refractivity contribution in [2.45, 2.75) is 39.1 Å². The molecule has 12 heteroatoms. The van der Waals surface area contributed by atoms with E-state index in [0.29, 0.717) is 17.4 Å². The zero-order valence-electron chi connectivity index (χ0n) is 19.6. The van der Waals surface area contributed by atoms with E-state index in [4.69, 9.17) is 14.6 Å². The van der Waals surface area contributed by atoms with Crippen LogP contribution in [-0.4, -0.2) is 43.1 Å². The maximum Gasteiger partial charge on any atom is 0.573 e. The monoisotopic (exact) mass is 532 g/mol. The van der Waals surface area contributed by atoms with Crippen LogP contribution < -0.4 is 14.2 Å². The van der Waals surface area contributed by atoms with Crippen LogP contribution in [0.4, 0.5) is 26.3 Å². The number of ether oxygens (including phenoxy) is 4. The highest BCUT2D eigenvalue weighted by Crippen LogP contribution is 2.32. The van der Waals surface area contributed by atoms with E-state index in [1.165, 1.54) is 0 Å². The van der Waals surface area contributed by atoms with E-state index in [0.717, 1.165) is 17.7 Å². The van der Waals surface area contributed by atoms with E-state index in [-0.39, 0.29) is 25.2 Å². The van der Waals surface area contributed by atoms with Crippen LogP contribution in [0.1, 0.15) is 25.0 Å². The Morgan fingerprint density at radius 3 is 2.19 bits per heavy atom. The second-order valence-electron chi connectivity index (χ2n) is 7.33. The van der Waals surface area contributed by atoms with Gasteiger partial charge in [-0.15, -0.1) is 26.3 Å². The van der Waals surface area contributed by atoms with Gasteiger partial charge < -0.3 is 24.1 Å². The molecule has 0 heterocycles. The van der Waals surface area contributed by atoms with E-state index in [1.807, 2.05) is 0 Å². The van der Waals surface area contributed by atoms with Crippen LogP contribution in [0.5, 0.6) is 17.2 Å². The van der Waals surface area contributed by atoms with Gasteiger partial charge >= 0.3 is 18.7 Å². The van der Waals surface area contributed by atoms with Crippen molar-refractivity contribution in [1.82, 2.24) is 0 Å². The van der Waals surface area contributed by atoms with Crippen LogP contribution in [0, 0.1) is 11.8 Å². The number of rotatable bonds is 10. The number of benzene rings is 2. The molecule has 0 saturated carbocycles. The van der Waals surface area contributed by atoms with Gasteiger partial charge in [-0.3, -0.25) is 0 Å². The van der Waals surface area contributed by atoms with Crippen molar-refractivity contribution >= 4 is 5.97 Å². The van der Waals surface area contributed by atoms with E-state index in [9.17, 15) is 31.1 Å². The third-order valence-corrected chi connectivity index (χ3v) is 4.43. The van der Waals surface area contributed by atoms with Gasteiger partial charge in [0.25, 0.3) is 0 Å². The minimum absolute atomic E-state index is 0.0564. The first-order valence-electron chi connectivity index (χ1n) is 10.7. The summed E-state index contributed by atoms with van der Waals surface area (Å²) in [6.45, 7) is 3.58. The number of carbonyl (C=O) groups is 1. The fraction of sp³-hybridized carbons (Fsp3) is 0.320. The Morgan fingerprint density at radius 1 is 1.00 bits per heavy atom. The number of halogens is 6. The molecule has 1 atom stereocenters. The molecule has 0 aliphatic rings. The molecule has 0 fully saturated rings. The normalized spacial score (nSPS) is 12.8. The quantitative estimate of drug-likeness (QED) is 0.304. The van der Waals surface area contributed by atoms with Crippen molar-refractivity contribution in [2.75, 3.05) is 13.2 Å². The third kappa shape index (κ3) is 11.2. The first-order valence-corrected chi connectivity index (χ1v) is 10.7. The first-order chi connectivity index (χ1) is 17.3. The SMILES string of the molecule is CCO[C@@H](Cc1ccc(OC/C=C(\C)C#Cc2ccc(OC(F)(F)F)cc2OC(F)(F)F)cc1)C(=O)O. The van der Waals surface area contributed by atoms with Crippen molar-refractivity contribution in [3.63, 3.8) is 0 Å². The average Bonchev–Trinajstić information content (AvgIpc) is 2.77. The van der Waals surface area contributed by atoms with E-state index >= 15 is 0 Å². The maximum absolute atomic E-state index is 12.7. The standard InChI is InChI=1S/C25H22F6O6/c1-3-34-22(23(32)33)14-17-5-9-19(10-6-17)35-13-12-16(2)4-7-18-8-11-20(36-24(26,27)28)15-21(18)37-25(29,30)31/h5-6,8-12,15,22H,3,13-14H2,1-2H3,(H,32,33)/b16-12+/t22-/m0/s1. The molecule has 6 nitrogen and oxygen atoms in total. The summed E-state index contributed by atoms with van der Waals surface area (Å²) in [4.78, 5) is 11.2. The van der Waals surface area contributed by atoms with Crippen LogP contribution in [0.15, 0.2) is 54.1 Å². The lowest BCUT2D eigenvalue weighted by atomic mass is 10.1. The average molecular weight is 532 g/mol. The van der Waals surface area contributed by atoms with E-state index in [2.05, 4.69) is 21.3 Å². The Morgan fingerprint density at radius 2 is 1.62 bits per heavy atom. The summed E-state index contributed by atoms with van der Waals surface area (Å²) in [5.41, 5.74) is 0.836. The number of carboxylic acids is 1. The Labute approximate surface area is 208 Å². The van der Waals surface area contributed by atoms with Crippen LogP contribution in [-0.2, 0) is 16.0 Å². The smallest absolute Gasteiger partial charge is 0.490 e. The highest BCUT2D eigenvalue weighted by Gasteiger charge is 2.34. The molecule has 1 N–H and O–H groups in total. The number of allylic oxidation sites excluding steroid dienone is 1. The molecule has 0 radical (unpaired) electrons. The van der Waals surface area contributed by atoms with Crippen molar-refractivity contribution in [3.8, 4) is 29.1 Å². The van der Waals surface area contributed by atoms with Gasteiger partial charge in [0.05, 0.1) is 5.56 Å². The fourth-order valence-electron chi connectivity index (χ4n) is 2.85. The van der Waals surface area contributed by atoms with Crippen molar-refractivity contribution in [2.24, 2.45) is 0 Å². The molecule has 200 valence electrons. The minimum atomic E-state index is -5.15. The van der Waals surface area contributed by atoms with Gasteiger partial charge in [-0.2, -0.15) is 0 Å². The lowest BCUT2D eigenvalue weighted by Crippen LogP contribution is -2.26. The minimum Gasteiger partial charge on any atom is -0.490 e. The second-order valence-corrected chi connectivity index (χ2v) is 7.33. The largest absolute Gasteiger partial charge is 0.573 e. The Bertz CT molecular complexity index is 1140. The highest BCUT2D eigenvalue weighted by atomic mass is 19.4. The Hall–Kier alpha value is -3.85. The summed E-state index contributed by atoms with van der Waals surface area (Å²) < 4.78 is 93.3. The molecule has 0 aliphatic carbocycles. The molecule has 0 bridgehead atoms. The Balaban J connectivity index is 2.05. The van der Waals surface area contributed by atoms with Crippen molar-refractivity contribution in [1.29, 1.82) is 0 Å². The number of hydrogen-bond donors (Lipinski definition) is 1. The molecule has 0 aromatic heterocycles. The highest BCUT2D eigenvalue weighted by molar-refractivity contribution is 5.72. The van der Waals surface area contributed by atoms with Crippen molar-refractivity contribution < 1.29 is 55.2 Å². The van der Waals surface area contributed by atoms with Crippen LogP contribution in [0.25, 0.3) is 0 Å². The van der Waals surface area contributed by atoms with E-state index < -0.39 is 36.3 Å². The van der Waals surface area contributed by atoms with Crippen LogP contribution in [0.2, 0.25) is 0 Å². The zero-order valence-corrected chi connectivity index (χ0v) is 19.6. The third-order valence-electron chi connectivity index (χ3n) is 4.43. The van der Waals surface area contributed by atoms with Gasteiger partial charge in [0.2, 0.25) is 0 Å². The van der Waals surface area contributed by atoms with E-state index in [1.54, 1.807) is 44.2 Å². The molecule has 37 heavy (non-hydrogen) atoms. The molecule has 2 aromatic rings. The molecular formula is C25H22F6O6. The summed E-state index contributed by atoms with van der Waals surface area (Å²) in [7, 11) is 0. The summed E-state index contributed by atoms with van der Waals surface area (Å²) >= 11 is 0. The molecule has 2 rings (SSSR count). The maximum atomic E-state index is 12.7. The fourth-order valence-corrected chi connectivity index (χ4v) is 2.85. The molecule has 0 spiro atoms. The second kappa shape index (κ2) is 12.9. The summed E-state index contributed by atoms with van der Waals surface area (Å²) in [6.07, 6.45) is -9.48. The van der Waals surface area contributed by atoms with Gasteiger partial charge in [0.15, 0.2) is 6.10 Å². The van der Waals surface area contributed by atoms with Crippen LogP contribution >= 0.6 is 0 Å². The lowest BCUT2D eigenvalue weighted by molar-refractivity contribution is -0.276. The molecular weight excluding hydrogens is 510 g/mol. The number of hydrogen-bond acceptors (Lipinski definition) is 5. The first kappa shape index (κ1) is 29.4. The van der Waals surface area contributed by atoms with Crippen LogP contribution in [0.3, 0.4) is 0 Å². The molecule has 0 amide bonds. The van der Waals surface area contributed by atoms with Gasteiger partial charge in [0, 0.05) is 19.1 Å². The molecule has 0 saturated heterocycles. The summed E-state index contributed by atoms with van der Waals surface area (Å²) in [5, 5.41) is 9.15.